The van der Waals surface area contributed by atoms with Gasteiger partial charge in [-0.1, -0.05) is 12.1 Å². The molecular weight excluding hydrogens is 194 g/mol. The third-order valence-electron chi connectivity index (χ3n) is 2.24. The molecule has 4 heteroatoms. The van der Waals surface area contributed by atoms with Crippen molar-refractivity contribution in [1.29, 1.82) is 0 Å². The second-order valence-electron chi connectivity index (χ2n) is 3.26. The van der Waals surface area contributed by atoms with Crippen LogP contribution in [0.4, 0.5) is 0 Å². The fraction of sp³-hybridized carbons (Fsp3) is 0.182. The number of aromatic hydroxyl groups is 1. The van der Waals surface area contributed by atoms with Gasteiger partial charge >= 0.3 is 5.97 Å². The van der Waals surface area contributed by atoms with E-state index in [1.165, 1.54) is 18.2 Å². The minimum absolute atomic E-state index is 0.00509. The van der Waals surface area contributed by atoms with Crippen LogP contribution >= 0.6 is 0 Å². The number of phenols is 1. The lowest BCUT2D eigenvalue weighted by atomic mass is 9.97. The molecule has 80 valence electrons. The average molecular weight is 207 g/mol. The molecule has 0 aliphatic carbocycles. The SMILES string of the molecule is C=C[C@@H](N)c1c(C(=O)O)ccc(C)c1O. The molecule has 0 bridgehead atoms. The van der Waals surface area contributed by atoms with Gasteiger partial charge in [0.1, 0.15) is 5.75 Å². The van der Waals surface area contributed by atoms with Crippen molar-refractivity contribution in [2.45, 2.75) is 13.0 Å². The molecule has 1 atom stereocenters. The summed E-state index contributed by atoms with van der Waals surface area (Å²) >= 11 is 0. The fourth-order valence-corrected chi connectivity index (χ4v) is 1.36. The van der Waals surface area contributed by atoms with Crippen LogP contribution in [0.25, 0.3) is 0 Å². The Morgan fingerprint density at radius 2 is 2.20 bits per heavy atom. The summed E-state index contributed by atoms with van der Waals surface area (Å²) in [7, 11) is 0. The van der Waals surface area contributed by atoms with Crippen molar-refractivity contribution in [1.82, 2.24) is 0 Å². The number of carboxylic acid groups (broad SMARTS) is 1. The predicted molar refractivity (Wildman–Crippen MR) is 56.9 cm³/mol. The number of hydrogen-bond acceptors (Lipinski definition) is 3. The van der Waals surface area contributed by atoms with Gasteiger partial charge in [-0.2, -0.15) is 0 Å². The maximum Gasteiger partial charge on any atom is 0.336 e. The largest absolute Gasteiger partial charge is 0.507 e. The molecule has 0 saturated carbocycles. The number of phenolic OH excluding ortho intramolecular Hbond substituents is 1. The van der Waals surface area contributed by atoms with Crippen LogP contribution in [-0.2, 0) is 0 Å². The fourth-order valence-electron chi connectivity index (χ4n) is 1.36. The highest BCUT2D eigenvalue weighted by molar-refractivity contribution is 5.90. The van der Waals surface area contributed by atoms with Gasteiger partial charge < -0.3 is 15.9 Å². The third kappa shape index (κ3) is 1.99. The molecule has 0 heterocycles. The molecule has 0 amide bonds. The molecule has 4 nitrogen and oxygen atoms in total. The van der Waals surface area contributed by atoms with Gasteiger partial charge in [0.2, 0.25) is 0 Å². The van der Waals surface area contributed by atoms with E-state index >= 15 is 0 Å². The predicted octanol–water partition coefficient (Wildman–Crippen LogP) is 1.58. The highest BCUT2D eigenvalue weighted by Gasteiger charge is 2.19. The van der Waals surface area contributed by atoms with Crippen LogP contribution in [-0.4, -0.2) is 16.2 Å². The molecule has 4 N–H and O–H groups in total. The van der Waals surface area contributed by atoms with Crippen molar-refractivity contribution in [3.05, 3.63) is 41.5 Å². The van der Waals surface area contributed by atoms with Gasteiger partial charge in [0, 0.05) is 5.56 Å². The molecule has 0 aromatic heterocycles. The molecule has 1 aromatic rings. The molecule has 0 aliphatic rings. The van der Waals surface area contributed by atoms with Crippen LogP contribution in [0.5, 0.6) is 5.75 Å². The van der Waals surface area contributed by atoms with Crippen molar-refractivity contribution in [3.63, 3.8) is 0 Å². The van der Waals surface area contributed by atoms with Crippen LogP contribution in [0.15, 0.2) is 24.8 Å². The van der Waals surface area contributed by atoms with Crippen LogP contribution in [0.1, 0.15) is 27.5 Å². The van der Waals surface area contributed by atoms with E-state index in [-0.39, 0.29) is 16.9 Å². The van der Waals surface area contributed by atoms with Gasteiger partial charge in [-0.3, -0.25) is 0 Å². The highest BCUT2D eigenvalue weighted by Crippen LogP contribution is 2.30. The van der Waals surface area contributed by atoms with E-state index in [4.69, 9.17) is 10.8 Å². The van der Waals surface area contributed by atoms with Crippen molar-refractivity contribution in [2.75, 3.05) is 0 Å². The van der Waals surface area contributed by atoms with E-state index in [1.807, 2.05) is 0 Å². The molecule has 0 spiro atoms. The quantitative estimate of drug-likeness (QED) is 0.657. The second kappa shape index (κ2) is 4.14. The van der Waals surface area contributed by atoms with Gasteiger partial charge in [0.15, 0.2) is 0 Å². The van der Waals surface area contributed by atoms with E-state index in [9.17, 15) is 9.90 Å². The van der Waals surface area contributed by atoms with Gasteiger partial charge in [-0.25, -0.2) is 4.79 Å². The summed E-state index contributed by atoms with van der Waals surface area (Å²) < 4.78 is 0. The first-order valence-electron chi connectivity index (χ1n) is 4.43. The molecule has 1 rings (SSSR count). The summed E-state index contributed by atoms with van der Waals surface area (Å²) in [5, 5.41) is 18.7. The first-order valence-corrected chi connectivity index (χ1v) is 4.43. The van der Waals surface area contributed by atoms with Gasteiger partial charge in [-0.05, 0) is 18.6 Å². The van der Waals surface area contributed by atoms with Crippen LogP contribution in [0, 0.1) is 6.92 Å². The first kappa shape index (κ1) is 11.3. The molecular formula is C11H13NO3. The average Bonchev–Trinajstić information content (AvgIpc) is 2.20. The molecule has 0 saturated heterocycles. The summed E-state index contributed by atoms with van der Waals surface area (Å²) in [4.78, 5) is 10.9. The Labute approximate surface area is 87.7 Å². The molecule has 1 aromatic carbocycles. The summed E-state index contributed by atoms with van der Waals surface area (Å²) in [5.74, 6) is -1.19. The number of hydrogen-bond donors (Lipinski definition) is 3. The molecule has 0 unspecified atom stereocenters. The van der Waals surface area contributed by atoms with E-state index in [1.54, 1.807) is 6.92 Å². The third-order valence-corrected chi connectivity index (χ3v) is 2.24. The lowest BCUT2D eigenvalue weighted by Crippen LogP contribution is -2.13. The highest BCUT2D eigenvalue weighted by atomic mass is 16.4. The minimum atomic E-state index is -1.11. The lowest BCUT2D eigenvalue weighted by molar-refractivity contribution is 0.0695. The van der Waals surface area contributed by atoms with Crippen molar-refractivity contribution >= 4 is 5.97 Å². The number of nitrogens with two attached hydrogens (primary N) is 1. The maximum atomic E-state index is 10.9. The number of aromatic carboxylic acids is 1. The zero-order valence-electron chi connectivity index (χ0n) is 8.40. The van der Waals surface area contributed by atoms with E-state index in [0.29, 0.717) is 5.56 Å². The Morgan fingerprint density at radius 3 is 2.67 bits per heavy atom. The van der Waals surface area contributed by atoms with Crippen molar-refractivity contribution < 1.29 is 15.0 Å². The summed E-state index contributed by atoms with van der Waals surface area (Å²) in [5.41, 5.74) is 6.46. The van der Waals surface area contributed by atoms with E-state index in [2.05, 4.69) is 6.58 Å². The summed E-state index contributed by atoms with van der Waals surface area (Å²) in [6.07, 6.45) is 1.39. The summed E-state index contributed by atoms with van der Waals surface area (Å²) in [6.45, 7) is 5.16. The smallest absolute Gasteiger partial charge is 0.336 e. The Bertz CT molecular complexity index is 413. The Balaban J connectivity index is 3.48. The van der Waals surface area contributed by atoms with E-state index < -0.39 is 12.0 Å². The molecule has 0 fully saturated rings. The summed E-state index contributed by atoms with van der Waals surface area (Å²) in [6, 6.07) is 2.28. The van der Waals surface area contributed by atoms with Crippen molar-refractivity contribution in [3.8, 4) is 5.75 Å². The van der Waals surface area contributed by atoms with Crippen LogP contribution in [0.3, 0.4) is 0 Å². The Hall–Kier alpha value is -1.81. The molecule has 0 radical (unpaired) electrons. The number of carbonyl (C=O) groups is 1. The topological polar surface area (TPSA) is 83.6 Å². The van der Waals surface area contributed by atoms with E-state index in [0.717, 1.165) is 0 Å². The first-order chi connectivity index (χ1) is 6.99. The number of aryl methyl sites for hydroxylation is 1. The normalized spacial score (nSPS) is 12.1. The number of carboxylic acids is 1. The monoisotopic (exact) mass is 207 g/mol. The molecule has 15 heavy (non-hydrogen) atoms. The van der Waals surface area contributed by atoms with Crippen molar-refractivity contribution in [2.24, 2.45) is 5.73 Å². The number of rotatable bonds is 3. The Morgan fingerprint density at radius 1 is 1.60 bits per heavy atom. The standard InChI is InChI=1S/C11H13NO3/c1-3-8(12)9-7(11(14)15)5-4-6(2)10(9)13/h3-5,8,13H,1,12H2,2H3,(H,14,15)/t8-/m1/s1. The number of benzene rings is 1. The molecule has 0 aliphatic heterocycles. The van der Waals surface area contributed by atoms with Crippen LogP contribution in [0.2, 0.25) is 0 Å². The van der Waals surface area contributed by atoms with Crippen LogP contribution < -0.4 is 5.73 Å². The Kier molecular flexibility index (Phi) is 3.11. The minimum Gasteiger partial charge on any atom is -0.507 e. The second-order valence-corrected chi connectivity index (χ2v) is 3.26. The zero-order chi connectivity index (χ0) is 11.6. The van der Waals surface area contributed by atoms with Gasteiger partial charge in [0.05, 0.1) is 11.6 Å². The van der Waals surface area contributed by atoms with Gasteiger partial charge in [-0.15, -0.1) is 6.58 Å². The zero-order valence-corrected chi connectivity index (χ0v) is 8.40. The maximum absolute atomic E-state index is 10.9. The lowest BCUT2D eigenvalue weighted by Gasteiger charge is -2.14. The van der Waals surface area contributed by atoms with Gasteiger partial charge in [0.25, 0.3) is 0 Å².